The smallest absolute Gasteiger partial charge is 0.338 e. The van der Waals surface area contributed by atoms with Gasteiger partial charge < -0.3 is 14.4 Å². The molecule has 2 aromatic carbocycles. The van der Waals surface area contributed by atoms with Gasteiger partial charge in [0, 0.05) is 20.1 Å². The largest absolute Gasteiger partial charge is 0.452 e. The number of rotatable bonds is 7. The van der Waals surface area contributed by atoms with E-state index in [1.54, 1.807) is 7.05 Å². The van der Waals surface area contributed by atoms with E-state index in [0.717, 1.165) is 5.56 Å². The molecule has 0 bridgehead atoms. The van der Waals surface area contributed by atoms with Gasteiger partial charge in [0.15, 0.2) is 6.61 Å². The molecule has 0 radical (unpaired) electrons. The van der Waals surface area contributed by atoms with Crippen molar-refractivity contribution in [3.05, 3.63) is 65.7 Å². The Bertz CT molecular complexity index is 1060. The molecule has 3 unspecified atom stereocenters. The molecular weight excluding hydrogens is 444 g/mol. The number of sulfonamides is 1. The molecule has 1 amide bonds. The zero-order valence-electron chi connectivity index (χ0n) is 19.3. The normalized spacial score (nSPS) is 20.1. The minimum atomic E-state index is -3.70. The Morgan fingerprint density at radius 3 is 2.21 bits per heavy atom. The van der Waals surface area contributed by atoms with Crippen LogP contribution >= 0.6 is 0 Å². The quantitative estimate of drug-likeness (QED) is 0.573. The second-order valence-corrected chi connectivity index (χ2v) is 10.2. The molecule has 3 atom stereocenters. The average Bonchev–Trinajstić information content (AvgIpc) is 2.81. The van der Waals surface area contributed by atoms with E-state index in [9.17, 15) is 18.0 Å². The summed E-state index contributed by atoms with van der Waals surface area (Å²) in [5.74, 6) is -1.03. The zero-order chi connectivity index (χ0) is 24.2. The summed E-state index contributed by atoms with van der Waals surface area (Å²) < 4.78 is 38.0. The van der Waals surface area contributed by atoms with Gasteiger partial charge >= 0.3 is 5.97 Å². The number of carbonyl (C=O) groups is 2. The summed E-state index contributed by atoms with van der Waals surface area (Å²) in [6, 6.07) is 14.9. The molecule has 1 heterocycles. The number of esters is 1. The SMILES string of the molecule is CC1CN(S(=O)(=O)c2ccc(C(=O)OCC(=O)N(C)C(C)c3ccccc3)cc2)CC(C)O1. The van der Waals surface area contributed by atoms with Gasteiger partial charge in [-0.1, -0.05) is 30.3 Å². The number of morpholine rings is 1. The molecule has 0 spiro atoms. The molecule has 0 aromatic heterocycles. The number of benzene rings is 2. The molecule has 2 aromatic rings. The van der Waals surface area contributed by atoms with Crippen molar-refractivity contribution in [2.75, 3.05) is 26.7 Å². The summed E-state index contributed by atoms with van der Waals surface area (Å²) in [4.78, 5) is 26.5. The van der Waals surface area contributed by atoms with E-state index < -0.39 is 22.6 Å². The molecule has 1 aliphatic heterocycles. The Hall–Kier alpha value is -2.75. The molecule has 8 nitrogen and oxygen atoms in total. The van der Waals surface area contributed by atoms with Gasteiger partial charge in [0.25, 0.3) is 5.91 Å². The van der Waals surface area contributed by atoms with Gasteiger partial charge in [0.05, 0.1) is 28.7 Å². The molecule has 0 N–H and O–H groups in total. The Balaban J connectivity index is 1.59. The van der Waals surface area contributed by atoms with Gasteiger partial charge in [-0.05, 0) is 50.6 Å². The number of carbonyl (C=O) groups excluding carboxylic acids is 2. The summed E-state index contributed by atoms with van der Waals surface area (Å²) in [5, 5.41) is 0. The number of amides is 1. The summed E-state index contributed by atoms with van der Waals surface area (Å²) in [6.45, 7) is 5.69. The fourth-order valence-corrected chi connectivity index (χ4v) is 5.31. The van der Waals surface area contributed by atoms with Crippen molar-refractivity contribution >= 4 is 21.9 Å². The molecule has 1 aliphatic rings. The first kappa shape index (κ1) is 24.9. The minimum Gasteiger partial charge on any atom is -0.452 e. The molecule has 0 aliphatic carbocycles. The lowest BCUT2D eigenvalue weighted by atomic mass is 10.1. The van der Waals surface area contributed by atoms with Crippen LogP contribution in [0.2, 0.25) is 0 Å². The van der Waals surface area contributed by atoms with Crippen molar-refractivity contribution in [1.29, 1.82) is 0 Å². The lowest BCUT2D eigenvalue weighted by Gasteiger charge is -2.34. The number of likely N-dealkylation sites (N-methyl/N-ethyl adjacent to an activating group) is 1. The van der Waals surface area contributed by atoms with Crippen LogP contribution in [-0.2, 0) is 24.3 Å². The second kappa shape index (κ2) is 10.5. The van der Waals surface area contributed by atoms with Gasteiger partial charge in [0.2, 0.25) is 10.0 Å². The number of ether oxygens (including phenoxy) is 2. The lowest BCUT2D eigenvalue weighted by Crippen LogP contribution is -2.48. The first-order chi connectivity index (χ1) is 15.6. The predicted octanol–water partition coefficient (Wildman–Crippen LogP) is 2.86. The first-order valence-electron chi connectivity index (χ1n) is 10.8. The van der Waals surface area contributed by atoms with E-state index in [2.05, 4.69) is 0 Å². The monoisotopic (exact) mass is 474 g/mol. The zero-order valence-corrected chi connectivity index (χ0v) is 20.1. The highest BCUT2D eigenvalue weighted by atomic mass is 32.2. The van der Waals surface area contributed by atoms with Crippen LogP contribution in [0.4, 0.5) is 0 Å². The first-order valence-corrected chi connectivity index (χ1v) is 12.3. The van der Waals surface area contributed by atoms with Crippen molar-refractivity contribution in [3.8, 4) is 0 Å². The summed E-state index contributed by atoms with van der Waals surface area (Å²) in [5.41, 5.74) is 1.14. The van der Waals surface area contributed by atoms with Gasteiger partial charge in [0.1, 0.15) is 0 Å². The van der Waals surface area contributed by atoms with Crippen LogP contribution in [0.15, 0.2) is 59.5 Å². The van der Waals surface area contributed by atoms with Gasteiger partial charge in [-0.3, -0.25) is 4.79 Å². The van der Waals surface area contributed by atoms with Crippen LogP contribution in [0.1, 0.15) is 42.7 Å². The Morgan fingerprint density at radius 2 is 1.64 bits per heavy atom. The fraction of sp³-hybridized carbons (Fsp3) is 0.417. The molecule has 0 saturated carbocycles. The molecule has 9 heteroatoms. The maximum absolute atomic E-state index is 12.9. The highest BCUT2D eigenvalue weighted by molar-refractivity contribution is 7.89. The topological polar surface area (TPSA) is 93.2 Å². The van der Waals surface area contributed by atoms with E-state index in [1.165, 1.54) is 33.5 Å². The third-order valence-electron chi connectivity index (χ3n) is 5.70. The Labute approximate surface area is 195 Å². The van der Waals surface area contributed by atoms with Crippen LogP contribution in [-0.4, -0.2) is 68.5 Å². The number of hydrogen-bond donors (Lipinski definition) is 0. The van der Waals surface area contributed by atoms with E-state index >= 15 is 0 Å². The summed E-state index contributed by atoms with van der Waals surface area (Å²) >= 11 is 0. The van der Waals surface area contributed by atoms with Crippen molar-refractivity contribution < 1.29 is 27.5 Å². The minimum absolute atomic E-state index is 0.0906. The third-order valence-corrected chi connectivity index (χ3v) is 7.54. The second-order valence-electron chi connectivity index (χ2n) is 8.27. The van der Waals surface area contributed by atoms with Crippen LogP contribution in [0.3, 0.4) is 0 Å². The van der Waals surface area contributed by atoms with E-state index in [4.69, 9.17) is 9.47 Å². The van der Waals surface area contributed by atoms with E-state index in [-0.39, 0.29) is 47.7 Å². The van der Waals surface area contributed by atoms with Gasteiger partial charge in [-0.15, -0.1) is 0 Å². The summed E-state index contributed by atoms with van der Waals surface area (Å²) in [6.07, 6.45) is -0.392. The maximum Gasteiger partial charge on any atom is 0.338 e. The number of nitrogens with zero attached hydrogens (tertiary/aromatic N) is 2. The molecular formula is C24H30N2O6S. The van der Waals surface area contributed by atoms with Gasteiger partial charge in [-0.2, -0.15) is 4.31 Å². The maximum atomic E-state index is 12.9. The fourth-order valence-electron chi connectivity index (χ4n) is 3.72. The Kier molecular flexibility index (Phi) is 7.88. The van der Waals surface area contributed by atoms with Crippen LogP contribution in [0.25, 0.3) is 0 Å². The molecule has 33 heavy (non-hydrogen) atoms. The number of hydrogen-bond acceptors (Lipinski definition) is 6. The molecule has 178 valence electrons. The van der Waals surface area contributed by atoms with Crippen molar-refractivity contribution in [3.63, 3.8) is 0 Å². The van der Waals surface area contributed by atoms with Gasteiger partial charge in [-0.25, -0.2) is 13.2 Å². The van der Waals surface area contributed by atoms with Crippen molar-refractivity contribution in [1.82, 2.24) is 9.21 Å². The molecule has 1 fully saturated rings. The third kappa shape index (κ3) is 5.98. The predicted molar refractivity (Wildman–Crippen MR) is 123 cm³/mol. The van der Waals surface area contributed by atoms with E-state index in [0.29, 0.717) is 0 Å². The highest BCUT2D eigenvalue weighted by Gasteiger charge is 2.32. The Morgan fingerprint density at radius 1 is 1.06 bits per heavy atom. The summed E-state index contributed by atoms with van der Waals surface area (Å²) in [7, 11) is -2.05. The highest BCUT2D eigenvalue weighted by Crippen LogP contribution is 2.22. The lowest BCUT2D eigenvalue weighted by molar-refractivity contribution is -0.135. The average molecular weight is 475 g/mol. The van der Waals surface area contributed by atoms with E-state index in [1.807, 2.05) is 51.1 Å². The van der Waals surface area contributed by atoms with Crippen molar-refractivity contribution in [2.45, 2.75) is 43.9 Å². The van der Waals surface area contributed by atoms with Crippen molar-refractivity contribution in [2.24, 2.45) is 0 Å². The van der Waals surface area contributed by atoms with Crippen LogP contribution < -0.4 is 0 Å². The molecule has 3 rings (SSSR count). The molecule has 1 saturated heterocycles. The standard InChI is InChI=1S/C24H30N2O6S/c1-17-14-26(15-18(2)32-17)33(29,30)22-12-10-21(11-13-22)24(28)31-16-23(27)25(4)19(3)20-8-6-5-7-9-20/h5-13,17-19H,14-16H2,1-4H3. The van der Waals surface area contributed by atoms with Crippen LogP contribution in [0, 0.1) is 0 Å². The van der Waals surface area contributed by atoms with Crippen LogP contribution in [0.5, 0.6) is 0 Å².